The van der Waals surface area contributed by atoms with Gasteiger partial charge in [-0.3, -0.25) is 0 Å². The second-order valence-corrected chi connectivity index (χ2v) is 6.02. The molecule has 1 aliphatic carbocycles. The molecule has 2 heterocycles. The van der Waals surface area contributed by atoms with Gasteiger partial charge in [-0.25, -0.2) is 4.98 Å². The maximum Gasteiger partial charge on any atom is 0.186 e. The van der Waals surface area contributed by atoms with E-state index in [2.05, 4.69) is 9.88 Å². The van der Waals surface area contributed by atoms with Crippen LogP contribution in [0.1, 0.15) is 32.1 Å². The molecule has 0 radical (unpaired) electrons. The van der Waals surface area contributed by atoms with Crippen LogP contribution in [0.5, 0.6) is 0 Å². The predicted octanol–water partition coefficient (Wildman–Crippen LogP) is 3.57. The highest BCUT2D eigenvalue weighted by molar-refractivity contribution is 7.14. The van der Waals surface area contributed by atoms with Gasteiger partial charge in [0.25, 0.3) is 0 Å². The number of anilines is 1. The van der Waals surface area contributed by atoms with E-state index < -0.39 is 0 Å². The Labute approximate surface area is 99.3 Å². The van der Waals surface area contributed by atoms with Gasteiger partial charge in [-0.1, -0.05) is 18.0 Å². The average Bonchev–Trinajstić information content (AvgIpc) is 2.63. The minimum absolute atomic E-state index is 0.638. The molecule has 3 rings (SSSR count). The first-order chi connectivity index (χ1) is 7.27. The van der Waals surface area contributed by atoms with Gasteiger partial charge in [-0.15, -0.1) is 11.3 Å². The summed E-state index contributed by atoms with van der Waals surface area (Å²) in [4.78, 5) is 6.72. The number of halogens is 1. The van der Waals surface area contributed by atoms with Crippen LogP contribution < -0.4 is 4.90 Å². The third-order valence-electron chi connectivity index (χ3n) is 3.97. The van der Waals surface area contributed by atoms with Gasteiger partial charge in [0.1, 0.15) is 5.15 Å². The van der Waals surface area contributed by atoms with Gasteiger partial charge in [0, 0.05) is 18.5 Å². The molecular weight excluding hydrogens is 228 g/mol. The number of piperidine rings is 1. The van der Waals surface area contributed by atoms with Crippen molar-refractivity contribution >= 4 is 28.1 Å². The van der Waals surface area contributed by atoms with E-state index in [1.807, 2.05) is 5.38 Å². The normalized spacial score (nSPS) is 24.2. The van der Waals surface area contributed by atoms with Gasteiger partial charge in [0.15, 0.2) is 5.13 Å². The number of nitrogens with zero attached hydrogens (tertiary/aromatic N) is 2. The van der Waals surface area contributed by atoms with Crippen molar-refractivity contribution in [1.29, 1.82) is 0 Å². The Bertz CT molecular complexity index is 349. The van der Waals surface area contributed by atoms with Crippen LogP contribution in [-0.2, 0) is 0 Å². The molecule has 0 aromatic carbocycles. The van der Waals surface area contributed by atoms with Crippen molar-refractivity contribution in [2.45, 2.75) is 32.1 Å². The Morgan fingerprint density at radius 2 is 2.00 bits per heavy atom. The highest BCUT2D eigenvalue weighted by Gasteiger charge is 2.39. The maximum atomic E-state index is 5.85. The fourth-order valence-electron chi connectivity index (χ4n) is 2.74. The van der Waals surface area contributed by atoms with Crippen LogP contribution in [0.25, 0.3) is 0 Å². The molecule has 2 fully saturated rings. The second-order valence-electron chi connectivity index (χ2n) is 4.79. The van der Waals surface area contributed by atoms with Gasteiger partial charge < -0.3 is 4.90 Å². The monoisotopic (exact) mass is 242 g/mol. The summed E-state index contributed by atoms with van der Waals surface area (Å²) in [5.74, 6) is 0. The number of hydrogen-bond donors (Lipinski definition) is 0. The lowest BCUT2D eigenvalue weighted by atomic mass is 9.63. The minimum Gasteiger partial charge on any atom is -0.348 e. The zero-order valence-electron chi connectivity index (χ0n) is 8.71. The molecule has 1 aromatic rings. The third-order valence-corrected chi connectivity index (χ3v) is 5.20. The second kappa shape index (κ2) is 3.63. The van der Waals surface area contributed by atoms with E-state index >= 15 is 0 Å². The van der Waals surface area contributed by atoms with Gasteiger partial charge in [0.2, 0.25) is 0 Å². The first-order valence-electron chi connectivity index (χ1n) is 5.63. The van der Waals surface area contributed by atoms with Crippen LogP contribution in [0, 0.1) is 5.41 Å². The van der Waals surface area contributed by atoms with Crippen LogP contribution in [0.4, 0.5) is 5.13 Å². The molecule has 2 nitrogen and oxygen atoms in total. The van der Waals surface area contributed by atoms with Crippen molar-refractivity contribution in [2.75, 3.05) is 18.0 Å². The fraction of sp³-hybridized carbons (Fsp3) is 0.727. The maximum absolute atomic E-state index is 5.85. The molecule has 2 aliphatic rings. The first-order valence-corrected chi connectivity index (χ1v) is 6.89. The Morgan fingerprint density at radius 3 is 2.47 bits per heavy atom. The van der Waals surface area contributed by atoms with Crippen LogP contribution in [-0.4, -0.2) is 18.1 Å². The molecule has 1 aromatic heterocycles. The van der Waals surface area contributed by atoms with Crippen molar-refractivity contribution in [2.24, 2.45) is 5.41 Å². The Hall–Kier alpha value is -0.280. The molecule has 0 bridgehead atoms. The van der Waals surface area contributed by atoms with E-state index in [1.165, 1.54) is 45.2 Å². The molecule has 1 spiro atoms. The summed E-state index contributed by atoms with van der Waals surface area (Å²) >= 11 is 7.51. The summed E-state index contributed by atoms with van der Waals surface area (Å²) in [5.41, 5.74) is 0.720. The van der Waals surface area contributed by atoms with Crippen LogP contribution in [0.3, 0.4) is 0 Å². The van der Waals surface area contributed by atoms with Crippen LogP contribution in [0.2, 0.25) is 5.15 Å². The van der Waals surface area contributed by atoms with E-state index in [4.69, 9.17) is 11.6 Å². The quantitative estimate of drug-likeness (QED) is 0.749. The van der Waals surface area contributed by atoms with Gasteiger partial charge in [0.05, 0.1) is 0 Å². The molecular formula is C11H15ClN2S. The topological polar surface area (TPSA) is 16.1 Å². The molecule has 1 saturated heterocycles. The fourth-order valence-corrected chi connectivity index (χ4v) is 3.74. The summed E-state index contributed by atoms with van der Waals surface area (Å²) in [6.45, 7) is 2.34. The largest absolute Gasteiger partial charge is 0.348 e. The molecule has 1 saturated carbocycles. The zero-order chi connectivity index (χ0) is 10.3. The van der Waals surface area contributed by atoms with Crippen LogP contribution in [0.15, 0.2) is 5.38 Å². The number of hydrogen-bond acceptors (Lipinski definition) is 3. The lowest BCUT2D eigenvalue weighted by Gasteiger charge is -2.48. The predicted molar refractivity (Wildman–Crippen MR) is 64.9 cm³/mol. The van der Waals surface area contributed by atoms with Crippen molar-refractivity contribution in [3.8, 4) is 0 Å². The number of aromatic nitrogens is 1. The van der Waals surface area contributed by atoms with Crippen molar-refractivity contribution < 1.29 is 0 Å². The zero-order valence-corrected chi connectivity index (χ0v) is 10.3. The van der Waals surface area contributed by atoms with E-state index in [0.29, 0.717) is 5.15 Å². The molecule has 1 aliphatic heterocycles. The molecule has 4 heteroatoms. The number of thiazole rings is 1. The highest BCUT2D eigenvalue weighted by Crippen LogP contribution is 2.49. The van der Waals surface area contributed by atoms with E-state index in [1.54, 1.807) is 11.3 Å². The Kier molecular flexibility index (Phi) is 2.40. The molecule has 0 amide bonds. The Balaban J connectivity index is 1.66. The van der Waals surface area contributed by atoms with E-state index in [-0.39, 0.29) is 0 Å². The molecule has 0 atom stereocenters. The summed E-state index contributed by atoms with van der Waals surface area (Å²) in [6.07, 6.45) is 7.07. The molecule has 15 heavy (non-hydrogen) atoms. The summed E-state index contributed by atoms with van der Waals surface area (Å²) in [6, 6.07) is 0. The molecule has 82 valence electrons. The summed E-state index contributed by atoms with van der Waals surface area (Å²) < 4.78 is 0. The third kappa shape index (κ3) is 1.76. The lowest BCUT2D eigenvalue weighted by Crippen LogP contribution is -2.43. The SMILES string of the molecule is Clc1csc(N2CCC3(CCC3)CC2)n1. The highest BCUT2D eigenvalue weighted by atomic mass is 35.5. The van der Waals surface area contributed by atoms with Crippen molar-refractivity contribution in [3.05, 3.63) is 10.5 Å². The van der Waals surface area contributed by atoms with Gasteiger partial charge in [-0.2, -0.15) is 0 Å². The van der Waals surface area contributed by atoms with Crippen LogP contribution >= 0.6 is 22.9 Å². The van der Waals surface area contributed by atoms with Gasteiger partial charge >= 0.3 is 0 Å². The van der Waals surface area contributed by atoms with E-state index in [0.717, 1.165) is 10.5 Å². The Morgan fingerprint density at radius 1 is 1.27 bits per heavy atom. The molecule has 0 N–H and O–H groups in total. The number of rotatable bonds is 1. The first kappa shape index (κ1) is 9.91. The minimum atomic E-state index is 0.638. The lowest BCUT2D eigenvalue weighted by molar-refractivity contribution is 0.0955. The summed E-state index contributed by atoms with van der Waals surface area (Å²) in [7, 11) is 0. The average molecular weight is 243 g/mol. The van der Waals surface area contributed by atoms with Gasteiger partial charge in [-0.05, 0) is 31.1 Å². The van der Waals surface area contributed by atoms with Crippen molar-refractivity contribution in [3.63, 3.8) is 0 Å². The van der Waals surface area contributed by atoms with E-state index in [9.17, 15) is 0 Å². The summed E-state index contributed by atoms with van der Waals surface area (Å²) in [5, 5.41) is 3.66. The van der Waals surface area contributed by atoms with Crippen molar-refractivity contribution in [1.82, 2.24) is 4.98 Å². The smallest absolute Gasteiger partial charge is 0.186 e. The molecule has 0 unspecified atom stereocenters. The standard InChI is InChI=1S/C11H15ClN2S/c12-9-8-15-10(13-9)14-6-4-11(5-7-14)2-1-3-11/h8H,1-7H2.